The van der Waals surface area contributed by atoms with Gasteiger partial charge in [-0.1, -0.05) is 0 Å². The molecule has 0 aromatic heterocycles. The molecule has 0 N–H and O–H groups in total. The third kappa shape index (κ3) is 3.41. The van der Waals surface area contributed by atoms with Gasteiger partial charge in [0.15, 0.2) is 11.6 Å². The van der Waals surface area contributed by atoms with Crippen molar-refractivity contribution >= 4 is 22.7 Å². The molecular formula is C32H24O6. The molecule has 6 nitrogen and oxygen atoms in total. The Bertz CT molecular complexity index is 1450. The van der Waals surface area contributed by atoms with E-state index in [2.05, 4.69) is 0 Å². The van der Waals surface area contributed by atoms with Crippen molar-refractivity contribution in [3.63, 3.8) is 0 Å². The Morgan fingerprint density at radius 1 is 0.368 bits per heavy atom. The zero-order valence-electron chi connectivity index (χ0n) is 21.4. The highest BCUT2D eigenvalue weighted by Gasteiger charge is 2.35. The first kappa shape index (κ1) is 23.6. The van der Waals surface area contributed by atoms with E-state index in [0.29, 0.717) is 45.3 Å². The minimum absolute atomic E-state index is 0.117. The van der Waals surface area contributed by atoms with Gasteiger partial charge in [0, 0.05) is 22.3 Å². The molecular weight excluding hydrogens is 480 g/mol. The molecule has 0 radical (unpaired) electrons. The highest BCUT2D eigenvalue weighted by Crippen LogP contribution is 2.48. The Labute approximate surface area is 220 Å². The van der Waals surface area contributed by atoms with Gasteiger partial charge < -0.3 is 18.9 Å². The molecule has 0 saturated carbocycles. The van der Waals surface area contributed by atoms with Crippen molar-refractivity contribution in [2.24, 2.45) is 0 Å². The molecule has 4 aromatic rings. The predicted octanol–water partition coefficient (Wildman–Crippen LogP) is 5.82. The maximum Gasteiger partial charge on any atom is 0.194 e. The highest BCUT2D eigenvalue weighted by molar-refractivity contribution is 6.27. The van der Waals surface area contributed by atoms with E-state index in [0.717, 1.165) is 33.4 Å². The number of ketones is 2. The number of carbonyl (C=O) groups is 2. The van der Waals surface area contributed by atoms with Crippen molar-refractivity contribution in [1.82, 2.24) is 0 Å². The van der Waals surface area contributed by atoms with Crippen LogP contribution in [0.25, 0.3) is 11.1 Å². The number of hydrogen-bond acceptors (Lipinski definition) is 6. The van der Waals surface area contributed by atoms with Gasteiger partial charge in [0.25, 0.3) is 0 Å². The highest BCUT2D eigenvalue weighted by atomic mass is 16.5. The van der Waals surface area contributed by atoms with Gasteiger partial charge in [-0.3, -0.25) is 9.59 Å². The first-order chi connectivity index (χ1) is 18.5. The zero-order valence-corrected chi connectivity index (χ0v) is 21.4. The topological polar surface area (TPSA) is 71.1 Å². The Morgan fingerprint density at radius 2 is 0.605 bits per heavy atom. The molecule has 0 heterocycles. The second kappa shape index (κ2) is 8.92. The van der Waals surface area contributed by atoms with Gasteiger partial charge in [0.1, 0.15) is 23.0 Å². The van der Waals surface area contributed by atoms with Crippen LogP contribution in [0.5, 0.6) is 23.0 Å². The smallest absolute Gasteiger partial charge is 0.194 e. The Kier molecular flexibility index (Phi) is 5.53. The summed E-state index contributed by atoms with van der Waals surface area (Å²) >= 11 is 0. The van der Waals surface area contributed by atoms with E-state index in [9.17, 15) is 9.59 Å². The summed E-state index contributed by atoms with van der Waals surface area (Å²) < 4.78 is 21.8. The summed E-state index contributed by atoms with van der Waals surface area (Å²) in [4.78, 5) is 27.5. The molecule has 0 bridgehead atoms. The normalized spacial score (nSPS) is 13.3. The van der Waals surface area contributed by atoms with E-state index in [1.54, 1.807) is 52.7 Å². The van der Waals surface area contributed by atoms with Crippen LogP contribution in [-0.4, -0.2) is 40.0 Å². The molecule has 0 atom stereocenters. The summed E-state index contributed by atoms with van der Waals surface area (Å²) in [5.74, 6) is 2.11. The summed E-state index contributed by atoms with van der Waals surface area (Å²) in [6.45, 7) is 0. The number of benzene rings is 4. The fraction of sp³-hybridized carbons (Fsp3) is 0.125. The average molecular weight is 505 g/mol. The lowest BCUT2D eigenvalue weighted by Crippen LogP contribution is -2.20. The first-order valence-electron chi connectivity index (χ1n) is 12.1. The van der Waals surface area contributed by atoms with E-state index >= 15 is 0 Å². The lowest BCUT2D eigenvalue weighted by molar-refractivity contribution is 0.102. The maximum atomic E-state index is 13.8. The molecule has 0 aliphatic heterocycles. The minimum Gasteiger partial charge on any atom is -0.497 e. The van der Waals surface area contributed by atoms with Crippen LogP contribution in [0.1, 0.15) is 54.1 Å². The number of hydrogen-bond donors (Lipinski definition) is 0. The summed E-state index contributed by atoms with van der Waals surface area (Å²) in [7, 11) is 6.30. The van der Waals surface area contributed by atoms with Crippen LogP contribution in [0.15, 0.2) is 72.8 Å². The zero-order chi connectivity index (χ0) is 26.6. The summed E-state index contributed by atoms with van der Waals surface area (Å²) in [6.07, 6.45) is 0. The minimum atomic E-state index is -0.117. The third-order valence-corrected chi connectivity index (χ3v) is 7.21. The van der Waals surface area contributed by atoms with E-state index < -0.39 is 0 Å². The van der Waals surface area contributed by atoms with Crippen LogP contribution >= 0.6 is 0 Å². The van der Waals surface area contributed by atoms with Crippen molar-refractivity contribution < 1.29 is 28.5 Å². The van der Waals surface area contributed by atoms with Crippen LogP contribution in [0.3, 0.4) is 0 Å². The molecule has 0 saturated heterocycles. The Hall–Kier alpha value is -4.84. The fourth-order valence-electron chi connectivity index (χ4n) is 5.34. The molecule has 0 spiro atoms. The van der Waals surface area contributed by atoms with Crippen LogP contribution in [0.2, 0.25) is 0 Å². The Balaban J connectivity index is 1.79. The molecule has 4 aromatic carbocycles. The SMILES string of the molecule is COc1ccc2c(c1)C(=O)c1cc(OC)ccc1C2=C1c2ccc(OC)cc2C(=O)c2cc(OC)ccc21. The van der Waals surface area contributed by atoms with Crippen molar-refractivity contribution in [2.75, 3.05) is 28.4 Å². The maximum absolute atomic E-state index is 13.8. The molecule has 188 valence electrons. The average Bonchev–Trinajstić information content (AvgIpc) is 2.97. The molecule has 2 aliphatic rings. The van der Waals surface area contributed by atoms with E-state index in [4.69, 9.17) is 18.9 Å². The number of rotatable bonds is 4. The van der Waals surface area contributed by atoms with Gasteiger partial charge in [-0.15, -0.1) is 0 Å². The van der Waals surface area contributed by atoms with Gasteiger partial charge in [0.05, 0.1) is 28.4 Å². The second-order valence-corrected chi connectivity index (χ2v) is 9.05. The van der Waals surface area contributed by atoms with Crippen LogP contribution in [0.4, 0.5) is 0 Å². The van der Waals surface area contributed by atoms with E-state index in [1.807, 2.05) is 48.5 Å². The molecule has 6 heteroatoms. The molecule has 0 unspecified atom stereocenters. The van der Waals surface area contributed by atoms with Gasteiger partial charge >= 0.3 is 0 Å². The second-order valence-electron chi connectivity index (χ2n) is 9.05. The number of methoxy groups -OCH3 is 4. The quantitative estimate of drug-likeness (QED) is 0.301. The predicted molar refractivity (Wildman–Crippen MR) is 144 cm³/mol. The number of fused-ring (bicyclic) bond motifs is 4. The molecule has 2 aliphatic carbocycles. The van der Waals surface area contributed by atoms with Crippen molar-refractivity contribution in [1.29, 1.82) is 0 Å². The van der Waals surface area contributed by atoms with Gasteiger partial charge in [-0.05, 0) is 106 Å². The van der Waals surface area contributed by atoms with E-state index in [1.165, 1.54) is 0 Å². The van der Waals surface area contributed by atoms with Crippen molar-refractivity contribution in [3.05, 3.63) is 117 Å². The van der Waals surface area contributed by atoms with Crippen LogP contribution in [-0.2, 0) is 0 Å². The largest absolute Gasteiger partial charge is 0.497 e. The van der Waals surface area contributed by atoms with Crippen molar-refractivity contribution in [3.8, 4) is 23.0 Å². The van der Waals surface area contributed by atoms with Crippen molar-refractivity contribution in [2.45, 2.75) is 0 Å². The summed E-state index contributed by atoms with van der Waals surface area (Å²) in [5.41, 5.74) is 6.86. The molecule has 6 rings (SSSR count). The first-order valence-corrected chi connectivity index (χ1v) is 12.1. The standard InChI is InChI=1S/C32H24O6/c1-35-17-5-9-21-25(13-17)31(33)26-14-18(36-2)6-10-22(26)29(21)30-23-11-7-19(37-3)15-27(23)32(34)28-16-20(38-4)8-12-24(28)30/h5-16H,1-4H3. The molecule has 38 heavy (non-hydrogen) atoms. The fourth-order valence-corrected chi connectivity index (χ4v) is 5.34. The van der Waals surface area contributed by atoms with Crippen LogP contribution in [0, 0.1) is 0 Å². The third-order valence-electron chi connectivity index (χ3n) is 7.21. The van der Waals surface area contributed by atoms with Crippen LogP contribution < -0.4 is 18.9 Å². The monoisotopic (exact) mass is 504 g/mol. The molecule has 0 fully saturated rings. The number of carbonyl (C=O) groups excluding carboxylic acids is 2. The summed E-state index contributed by atoms with van der Waals surface area (Å²) in [6, 6.07) is 22.1. The van der Waals surface area contributed by atoms with E-state index in [-0.39, 0.29) is 11.6 Å². The Morgan fingerprint density at radius 3 is 0.816 bits per heavy atom. The lowest BCUT2D eigenvalue weighted by atomic mass is 9.72. The summed E-state index contributed by atoms with van der Waals surface area (Å²) in [5, 5.41) is 0. The lowest BCUT2D eigenvalue weighted by Gasteiger charge is -2.30. The molecule has 0 amide bonds. The number of ether oxygens (including phenoxy) is 4. The van der Waals surface area contributed by atoms with Gasteiger partial charge in [-0.2, -0.15) is 0 Å². The van der Waals surface area contributed by atoms with Gasteiger partial charge in [-0.25, -0.2) is 0 Å². The van der Waals surface area contributed by atoms with Gasteiger partial charge in [0.2, 0.25) is 0 Å².